The van der Waals surface area contributed by atoms with Crippen molar-refractivity contribution in [1.82, 2.24) is 0 Å². The first-order chi connectivity index (χ1) is 10.1. The summed E-state index contributed by atoms with van der Waals surface area (Å²) in [5.74, 6) is 1.69. The molecule has 0 amide bonds. The molecule has 2 nitrogen and oxygen atoms in total. The number of benzene rings is 1. The van der Waals surface area contributed by atoms with Gasteiger partial charge in [-0.15, -0.1) is 0 Å². The summed E-state index contributed by atoms with van der Waals surface area (Å²) >= 11 is 0. The molecule has 1 N–H and O–H groups in total. The molecule has 0 heterocycles. The molecule has 0 atom stereocenters. The summed E-state index contributed by atoms with van der Waals surface area (Å²) in [6.07, 6.45) is 4.88. The van der Waals surface area contributed by atoms with Crippen molar-refractivity contribution in [2.75, 3.05) is 0 Å². The number of hydrogen-bond donors (Lipinski definition) is 1. The van der Waals surface area contributed by atoms with E-state index in [-0.39, 0.29) is 11.8 Å². The summed E-state index contributed by atoms with van der Waals surface area (Å²) in [5.41, 5.74) is 2.58. The van der Waals surface area contributed by atoms with E-state index in [1.165, 1.54) is 11.1 Å². The maximum Gasteiger partial charge on any atom is 0.304 e. The molecule has 4 aliphatic rings. The Bertz CT molecular complexity index is 555. The molecule has 1 aromatic rings. The lowest BCUT2D eigenvalue weighted by Crippen LogP contribution is -2.57. The van der Waals surface area contributed by atoms with Crippen LogP contribution in [0.15, 0.2) is 42.5 Å². The van der Waals surface area contributed by atoms with Crippen LogP contribution in [0, 0.1) is 23.7 Å². The lowest BCUT2D eigenvalue weighted by Gasteiger charge is -2.62. The Morgan fingerprint density at radius 3 is 2.10 bits per heavy atom. The molecule has 21 heavy (non-hydrogen) atoms. The van der Waals surface area contributed by atoms with E-state index in [0.717, 1.165) is 25.7 Å². The van der Waals surface area contributed by atoms with Crippen molar-refractivity contribution >= 4 is 5.97 Å². The zero-order valence-corrected chi connectivity index (χ0v) is 12.3. The quantitative estimate of drug-likeness (QED) is 0.850. The number of aliphatic carboxylic acids is 1. The van der Waals surface area contributed by atoms with Gasteiger partial charge in [0.1, 0.15) is 0 Å². The van der Waals surface area contributed by atoms with Crippen molar-refractivity contribution in [2.45, 2.75) is 37.5 Å². The van der Waals surface area contributed by atoms with Gasteiger partial charge in [-0.05, 0) is 54.9 Å². The molecular formula is C19H22O2. The van der Waals surface area contributed by atoms with E-state index >= 15 is 0 Å². The first kappa shape index (κ1) is 13.1. The van der Waals surface area contributed by atoms with Gasteiger partial charge >= 0.3 is 5.97 Å². The summed E-state index contributed by atoms with van der Waals surface area (Å²) in [6.45, 7) is 4.32. The monoisotopic (exact) mass is 282 g/mol. The van der Waals surface area contributed by atoms with Crippen molar-refractivity contribution in [3.8, 4) is 0 Å². The number of hydrogen-bond acceptors (Lipinski definition) is 1. The second-order valence-electron chi connectivity index (χ2n) is 7.28. The van der Waals surface area contributed by atoms with Gasteiger partial charge in [0.05, 0.1) is 6.42 Å². The second-order valence-corrected chi connectivity index (χ2v) is 7.28. The largest absolute Gasteiger partial charge is 0.481 e. The summed E-state index contributed by atoms with van der Waals surface area (Å²) in [7, 11) is 0. The maximum absolute atomic E-state index is 11.6. The van der Waals surface area contributed by atoms with Crippen LogP contribution >= 0.6 is 0 Å². The van der Waals surface area contributed by atoms with Crippen LogP contribution in [0.4, 0.5) is 0 Å². The fraction of sp³-hybridized carbons (Fsp3) is 0.526. The molecule has 4 aliphatic carbocycles. The molecule has 2 heteroatoms. The molecule has 0 saturated heterocycles. The highest BCUT2D eigenvalue weighted by atomic mass is 16.4. The maximum atomic E-state index is 11.6. The zero-order valence-electron chi connectivity index (χ0n) is 12.3. The highest BCUT2D eigenvalue weighted by molar-refractivity contribution is 5.69. The molecule has 1 aromatic carbocycles. The minimum absolute atomic E-state index is 0.138. The molecule has 0 spiro atoms. The van der Waals surface area contributed by atoms with Gasteiger partial charge in [-0.1, -0.05) is 42.5 Å². The number of rotatable bonds is 3. The highest BCUT2D eigenvalue weighted by Gasteiger charge is 2.59. The standard InChI is InChI=1S/C19H22O2/c1-12-13-7-16-9-14(12)10-17(8-13)19(16,11-18(20)21)15-5-3-2-4-6-15/h2-6,13-14,16-17H,1,7-11H2,(H,20,21). The molecule has 4 saturated carbocycles. The third-order valence-electron chi connectivity index (χ3n) is 6.54. The van der Waals surface area contributed by atoms with Crippen LogP contribution in [-0.2, 0) is 10.2 Å². The van der Waals surface area contributed by atoms with Crippen molar-refractivity contribution in [3.05, 3.63) is 48.0 Å². The Hall–Kier alpha value is -1.57. The second kappa shape index (κ2) is 4.46. The van der Waals surface area contributed by atoms with E-state index in [4.69, 9.17) is 0 Å². The van der Waals surface area contributed by atoms with Crippen molar-refractivity contribution in [1.29, 1.82) is 0 Å². The molecule has 0 aromatic heterocycles. The van der Waals surface area contributed by atoms with Gasteiger partial charge in [-0.25, -0.2) is 0 Å². The van der Waals surface area contributed by atoms with Gasteiger partial charge in [0.15, 0.2) is 0 Å². The van der Waals surface area contributed by atoms with E-state index in [9.17, 15) is 9.90 Å². The Morgan fingerprint density at radius 2 is 1.62 bits per heavy atom. The van der Waals surface area contributed by atoms with Gasteiger partial charge in [-0.3, -0.25) is 4.79 Å². The van der Waals surface area contributed by atoms with Crippen molar-refractivity contribution in [3.63, 3.8) is 0 Å². The van der Waals surface area contributed by atoms with Crippen LogP contribution in [0.2, 0.25) is 0 Å². The summed E-state index contributed by atoms with van der Waals surface area (Å²) in [5, 5.41) is 9.56. The average molecular weight is 282 g/mol. The Morgan fingerprint density at radius 1 is 1.10 bits per heavy atom. The van der Waals surface area contributed by atoms with Gasteiger partial charge in [0.2, 0.25) is 0 Å². The first-order valence-electron chi connectivity index (χ1n) is 8.07. The van der Waals surface area contributed by atoms with Crippen molar-refractivity contribution < 1.29 is 9.90 Å². The fourth-order valence-corrected chi connectivity index (χ4v) is 5.73. The zero-order chi connectivity index (χ0) is 14.6. The number of allylic oxidation sites excluding steroid dienone is 1. The summed E-state index contributed by atoms with van der Waals surface area (Å²) in [6, 6.07) is 10.4. The number of carbonyl (C=O) groups is 1. The summed E-state index contributed by atoms with van der Waals surface area (Å²) < 4.78 is 0. The molecule has 4 bridgehead atoms. The topological polar surface area (TPSA) is 37.3 Å². The fourth-order valence-electron chi connectivity index (χ4n) is 5.73. The molecule has 4 fully saturated rings. The predicted molar refractivity (Wildman–Crippen MR) is 81.9 cm³/mol. The predicted octanol–water partition coefficient (Wildman–Crippen LogP) is 4.02. The normalized spacial score (nSPS) is 40.5. The molecular weight excluding hydrogens is 260 g/mol. The number of carboxylic acid groups (broad SMARTS) is 1. The van der Waals surface area contributed by atoms with Gasteiger partial charge < -0.3 is 5.11 Å². The van der Waals surface area contributed by atoms with Crippen LogP contribution in [0.25, 0.3) is 0 Å². The average Bonchev–Trinajstić information content (AvgIpc) is 2.45. The van der Waals surface area contributed by atoms with Crippen LogP contribution < -0.4 is 0 Å². The number of carboxylic acids is 1. The Kier molecular flexibility index (Phi) is 2.79. The van der Waals surface area contributed by atoms with Crippen LogP contribution in [-0.4, -0.2) is 11.1 Å². The van der Waals surface area contributed by atoms with Crippen molar-refractivity contribution in [2.24, 2.45) is 23.7 Å². The lowest BCUT2D eigenvalue weighted by molar-refractivity contribution is -0.143. The Balaban J connectivity index is 1.82. The molecule has 5 rings (SSSR count). The van der Waals surface area contributed by atoms with E-state index in [2.05, 4.69) is 30.8 Å². The lowest BCUT2D eigenvalue weighted by atomic mass is 9.42. The van der Waals surface area contributed by atoms with Gasteiger partial charge in [-0.2, -0.15) is 0 Å². The smallest absolute Gasteiger partial charge is 0.304 e. The van der Waals surface area contributed by atoms with Gasteiger partial charge in [0.25, 0.3) is 0 Å². The van der Waals surface area contributed by atoms with Gasteiger partial charge in [0, 0.05) is 5.41 Å². The summed E-state index contributed by atoms with van der Waals surface area (Å²) in [4.78, 5) is 11.6. The molecule has 0 radical (unpaired) electrons. The minimum atomic E-state index is -0.648. The molecule has 0 unspecified atom stereocenters. The van der Waals surface area contributed by atoms with Crippen LogP contribution in [0.1, 0.15) is 37.7 Å². The van der Waals surface area contributed by atoms with E-state index in [1.54, 1.807) is 0 Å². The Labute approximate surface area is 125 Å². The van der Waals surface area contributed by atoms with E-state index < -0.39 is 5.97 Å². The first-order valence-corrected chi connectivity index (χ1v) is 8.07. The molecule has 0 aliphatic heterocycles. The third kappa shape index (κ3) is 1.74. The molecule has 110 valence electrons. The van der Waals surface area contributed by atoms with E-state index in [1.807, 2.05) is 6.07 Å². The third-order valence-corrected chi connectivity index (χ3v) is 6.54. The minimum Gasteiger partial charge on any atom is -0.481 e. The SMILES string of the molecule is C=C1C2CC3CC1CC(C2)C3(CC(=O)O)c1ccccc1. The van der Waals surface area contributed by atoms with Crippen LogP contribution in [0.3, 0.4) is 0 Å². The highest BCUT2D eigenvalue weighted by Crippen LogP contribution is 2.65. The van der Waals surface area contributed by atoms with E-state index in [0.29, 0.717) is 23.7 Å². The van der Waals surface area contributed by atoms with Crippen LogP contribution in [0.5, 0.6) is 0 Å².